The average molecular weight is 805 g/mol. The Morgan fingerprint density at radius 2 is 1.60 bits per heavy atom. The number of ketones is 2. The molecule has 2 aliphatic rings. The summed E-state index contributed by atoms with van der Waals surface area (Å²) in [6, 6.07) is 0. The van der Waals surface area contributed by atoms with Gasteiger partial charge in [-0.15, -0.1) is 0 Å². The minimum Gasteiger partial charge on any atom is -0.507 e. The fraction of sp³-hybridized carbons (Fsp3) is 0.500. The molecule has 9 unspecified atom stereocenters. The highest BCUT2D eigenvalue weighted by molar-refractivity contribution is 6.31. The number of Topliss-reactive ketones (excluding diaryl/α,β-unsaturated/α-hetero) is 2. The molecule has 1 amide bonds. The lowest BCUT2D eigenvalue weighted by molar-refractivity contribution is -0.160. The number of aromatic nitrogens is 1. The van der Waals surface area contributed by atoms with E-state index < -0.39 is 83.0 Å². The van der Waals surface area contributed by atoms with Crippen LogP contribution in [0.25, 0.3) is 21.7 Å². The van der Waals surface area contributed by atoms with Crippen molar-refractivity contribution in [1.82, 2.24) is 4.57 Å². The van der Waals surface area contributed by atoms with Gasteiger partial charge in [-0.25, -0.2) is 0 Å². The molecule has 0 saturated carbocycles. The number of amides is 1. The zero-order chi connectivity index (χ0) is 43.3. The van der Waals surface area contributed by atoms with E-state index in [1.54, 1.807) is 58.4 Å². The Balaban J connectivity index is 1.81. The van der Waals surface area contributed by atoms with Crippen molar-refractivity contribution in [2.24, 2.45) is 30.7 Å². The number of hydrogen-bond donors (Lipinski definition) is 5. The van der Waals surface area contributed by atoms with E-state index in [0.717, 1.165) is 0 Å². The van der Waals surface area contributed by atoms with Crippen molar-refractivity contribution in [2.45, 2.75) is 106 Å². The average Bonchev–Trinajstić information content (AvgIpc) is 3.62. The number of aryl methyl sites for hydroxylation is 1. The van der Waals surface area contributed by atoms with E-state index in [4.69, 9.17) is 18.9 Å². The molecule has 58 heavy (non-hydrogen) atoms. The lowest BCUT2D eigenvalue weighted by atomic mass is 9.78. The summed E-state index contributed by atoms with van der Waals surface area (Å²) in [6.45, 7) is 15.9. The van der Waals surface area contributed by atoms with Gasteiger partial charge in [-0.2, -0.15) is 0 Å². The van der Waals surface area contributed by atoms with Crippen LogP contribution < -0.4 is 10.1 Å². The topological polar surface area (TPSA) is 203 Å². The highest BCUT2D eigenvalue weighted by Gasteiger charge is 2.50. The molecule has 3 heterocycles. The minimum absolute atomic E-state index is 0.00280. The molecule has 3 aromatic rings. The number of ether oxygens (including phenoxy) is 4. The number of nitrogens with one attached hydrogen (secondary N) is 1. The Labute approximate surface area is 338 Å². The van der Waals surface area contributed by atoms with Crippen LogP contribution in [0.1, 0.15) is 94.3 Å². The molecule has 2 aromatic carbocycles. The molecule has 14 heteroatoms. The molecule has 9 atom stereocenters. The molecule has 0 aliphatic carbocycles. The number of rotatable bonds is 4. The number of esters is 1. The fourth-order valence-electron chi connectivity index (χ4n) is 8.54. The zero-order valence-corrected chi connectivity index (χ0v) is 35.2. The van der Waals surface area contributed by atoms with Crippen LogP contribution in [0, 0.1) is 30.6 Å². The van der Waals surface area contributed by atoms with E-state index in [1.807, 2.05) is 6.92 Å². The summed E-state index contributed by atoms with van der Waals surface area (Å²) < 4.78 is 25.6. The zero-order valence-electron chi connectivity index (χ0n) is 35.2. The standard InChI is InChI=1S/C44H56N2O12/c1-13-27-29(25(8)47)31-34-39(52)32-30(35(31)46(27)11)33-41(24(7)38(32)51)58-44(10,42(33)53)56-18-17-28(55-12)21(4)40(57-26(9)48)23(6)37(50)22(5)36(49)19(2)15-14-16-20(3)43(54)45-34/h14-19,21-23,28,36-37,40,49-52H,13H2,1-12H3,(H,45,54)/b15-14-,18-17+,20-16+. The Morgan fingerprint density at radius 3 is 2.19 bits per heavy atom. The molecule has 14 nitrogen and oxygen atoms in total. The Bertz CT molecular complexity index is 2270. The number of fused-ring (bicyclic) bond motifs is 1. The van der Waals surface area contributed by atoms with Crippen LogP contribution in [-0.4, -0.2) is 85.7 Å². The summed E-state index contributed by atoms with van der Waals surface area (Å²) in [7, 11) is 3.15. The van der Waals surface area contributed by atoms with Crippen molar-refractivity contribution in [1.29, 1.82) is 0 Å². The van der Waals surface area contributed by atoms with Crippen LogP contribution in [0.2, 0.25) is 0 Å². The predicted molar refractivity (Wildman–Crippen MR) is 218 cm³/mol. The fourth-order valence-corrected chi connectivity index (χ4v) is 8.54. The largest absolute Gasteiger partial charge is 0.507 e. The van der Waals surface area contributed by atoms with Gasteiger partial charge in [-0.05, 0) is 33.3 Å². The number of aliphatic hydroxyl groups excluding tert-OH is 2. The number of aliphatic hydroxyl groups is 2. The molecule has 0 spiro atoms. The molecular formula is C44H56N2O12. The highest BCUT2D eigenvalue weighted by atomic mass is 16.7. The second kappa shape index (κ2) is 16.6. The second-order valence-electron chi connectivity index (χ2n) is 15.9. The number of anilines is 1. The third kappa shape index (κ3) is 7.37. The maximum atomic E-state index is 14.7. The molecule has 314 valence electrons. The Hall–Kier alpha value is -5.18. The van der Waals surface area contributed by atoms with Crippen molar-refractivity contribution in [2.75, 3.05) is 12.4 Å². The van der Waals surface area contributed by atoms with Crippen molar-refractivity contribution in [3.63, 3.8) is 0 Å². The molecule has 1 aromatic heterocycles. The van der Waals surface area contributed by atoms with Gasteiger partial charge in [-0.1, -0.05) is 52.8 Å². The summed E-state index contributed by atoms with van der Waals surface area (Å²) in [5, 5.41) is 49.7. The number of benzene rings is 2. The van der Waals surface area contributed by atoms with Crippen LogP contribution in [-0.2, 0) is 37.3 Å². The number of aromatic hydroxyl groups is 2. The number of methoxy groups -OCH3 is 1. The molecule has 0 radical (unpaired) electrons. The van der Waals surface area contributed by atoms with Gasteiger partial charge < -0.3 is 49.3 Å². The lowest BCUT2D eigenvalue weighted by Gasteiger charge is -2.38. The third-order valence-electron chi connectivity index (χ3n) is 12.0. The SMILES string of the molecule is CCc1c(C(C)=O)c2c3c(O)c4c(O)c(C)c5c(c4c2n1C)C(=O)C(C)(O/C=C/C(OC)C(C)C(OC(C)=O)C(C)C(O)C(C)C(O)C(C)/C=C\C=C(/C)C(=O)N3)O5. The number of carbonyl (C=O) groups is 4. The van der Waals surface area contributed by atoms with Gasteiger partial charge in [0.25, 0.3) is 11.7 Å². The predicted octanol–water partition coefficient (Wildman–Crippen LogP) is 6.31. The van der Waals surface area contributed by atoms with Gasteiger partial charge in [0, 0.05) is 84.8 Å². The van der Waals surface area contributed by atoms with E-state index in [2.05, 4.69) is 5.32 Å². The maximum Gasteiger partial charge on any atom is 0.312 e. The lowest BCUT2D eigenvalue weighted by Crippen LogP contribution is -2.46. The van der Waals surface area contributed by atoms with Crippen molar-refractivity contribution in [3.05, 3.63) is 58.5 Å². The van der Waals surface area contributed by atoms with Crippen LogP contribution >= 0.6 is 0 Å². The number of hydrogen-bond acceptors (Lipinski definition) is 12. The summed E-state index contributed by atoms with van der Waals surface area (Å²) in [6.07, 6.45) is 4.07. The normalized spacial score (nSPS) is 30.4. The number of phenolic OH excluding ortho intramolecular Hbond substituents is 2. The minimum atomic E-state index is -1.99. The number of carbonyl (C=O) groups excluding carboxylic acids is 4. The molecule has 2 aliphatic heterocycles. The smallest absolute Gasteiger partial charge is 0.312 e. The van der Waals surface area contributed by atoms with E-state index >= 15 is 0 Å². The first kappa shape index (κ1) is 43.9. The quantitative estimate of drug-likeness (QED) is 0.112. The molecule has 5 N–H and O–H groups in total. The van der Waals surface area contributed by atoms with E-state index in [9.17, 15) is 39.6 Å². The summed E-state index contributed by atoms with van der Waals surface area (Å²) in [5.41, 5.74) is 1.26. The van der Waals surface area contributed by atoms with Crippen LogP contribution in [0.4, 0.5) is 5.69 Å². The van der Waals surface area contributed by atoms with Gasteiger partial charge >= 0.3 is 11.8 Å². The Morgan fingerprint density at radius 1 is 0.948 bits per heavy atom. The monoisotopic (exact) mass is 804 g/mol. The Kier molecular flexibility index (Phi) is 12.6. The van der Waals surface area contributed by atoms with E-state index in [1.165, 1.54) is 53.2 Å². The molecule has 5 rings (SSSR count). The van der Waals surface area contributed by atoms with Crippen molar-refractivity contribution < 1.29 is 58.6 Å². The first-order valence-corrected chi connectivity index (χ1v) is 19.5. The van der Waals surface area contributed by atoms with Crippen molar-refractivity contribution in [3.8, 4) is 17.2 Å². The summed E-state index contributed by atoms with van der Waals surface area (Å²) in [4.78, 5) is 54.3. The van der Waals surface area contributed by atoms with Crippen LogP contribution in [0.3, 0.4) is 0 Å². The van der Waals surface area contributed by atoms with Gasteiger partial charge in [0.2, 0.25) is 0 Å². The number of allylic oxidation sites excluding steroid dienone is 2. The van der Waals surface area contributed by atoms with Gasteiger partial charge in [0.15, 0.2) is 11.5 Å². The van der Waals surface area contributed by atoms with Crippen LogP contribution in [0.15, 0.2) is 36.1 Å². The third-order valence-corrected chi connectivity index (χ3v) is 12.0. The first-order chi connectivity index (χ1) is 27.1. The molecule has 0 saturated heterocycles. The van der Waals surface area contributed by atoms with Gasteiger partial charge in [-0.3, -0.25) is 19.2 Å². The number of phenols is 2. The van der Waals surface area contributed by atoms with E-state index in [-0.39, 0.29) is 55.6 Å². The molecular weight excluding hydrogens is 748 g/mol. The molecule has 4 bridgehead atoms. The summed E-state index contributed by atoms with van der Waals surface area (Å²) >= 11 is 0. The molecule has 0 fully saturated rings. The van der Waals surface area contributed by atoms with Crippen molar-refractivity contribution >= 4 is 50.8 Å². The maximum absolute atomic E-state index is 14.7. The van der Waals surface area contributed by atoms with Gasteiger partial charge in [0.1, 0.15) is 17.6 Å². The number of nitrogens with zero attached hydrogens (tertiary/aromatic N) is 1. The van der Waals surface area contributed by atoms with Gasteiger partial charge in [0.05, 0.1) is 46.7 Å². The van der Waals surface area contributed by atoms with Crippen LogP contribution in [0.5, 0.6) is 17.2 Å². The summed E-state index contributed by atoms with van der Waals surface area (Å²) in [5.74, 6) is -7.64. The second-order valence-corrected chi connectivity index (χ2v) is 15.9. The van der Waals surface area contributed by atoms with E-state index in [0.29, 0.717) is 17.6 Å². The highest BCUT2D eigenvalue weighted by Crippen LogP contribution is 2.55. The first-order valence-electron chi connectivity index (χ1n) is 19.5.